The monoisotopic (exact) mass is 456 g/mol. The zero-order valence-corrected chi connectivity index (χ0v) is 18.2. The Kier molecular flexibility index (Phi) is 6.26. The summed E-state index contributed by atoms with van der Waals surface area (Å²) >= 11 is 0. The average Bonchev–Trinajstić information content (AvgIpc) is 3.34. The Hall–Kier alpha value is -3.21. The van der Waals surface area contributed by atoms with E-state index in [1.54, 1.807) is 36.9 Å². The highest BCUT2D eigenvalue weighted by atomic mass is 32.2. The summed E-state index contributed by atoms with van der Waals surface area (Å²) in [7, 11) is -3.92. The number of hydrogen-bond donors (Lipinski definition) is 3. The Bertz CT molecular complexity index is 1160. The molecule has 0 spiro atoms. The van der Waals surface area contributed by atoms with Crippen LogP contribution in [0.4, 0.5) is 0 Å². The van der Waals surface area contributed by atoms with Gasteiger partial charge in [-0.25, -0.2) is 13.9 Å². The molecule has 0 aliphatic carbocycles. The maximum atomic E-state index is 13.2. The molecule has 3 N–H and O–H groups in total. The molecule has 1 aliphatic rings. The number of nitrogens with one attached hydrogen (secondary N) is 2. The van der Waals surface area contributed by atoms with Crippen LogP contribution in [0.25, 0.3) is 11.1 Å². The molecule has 10 heteroatoms. The van der Waals surface area contributed by atoms with Gasteiger partial charge in [0.25, 0.3) is 5.91 Å². The summed E-state index contributed by atoms with van der Waals surface area (Å²) in [6, 6.07) is 12.6. The molecule has 4 rings (SSSR count). The zero-order valence-electron chi connectivity index (χ0n) is 17.4. The van der Waals surface area contributed by atoms with Crippen LogP contribution in [0.3, 0.4) is 0 Å². The van der Waals surface area contributed by atoms with E-state index in [-0.39, 0.29) is 17.4 Å². The first-order valence-electron chi connectivity index (χ1n) is 10.2. The van der Waals surface area contributed by atoms with Crippen molar-refractivity contribution in [2.24, 2.45) is 5.92 Å². The van der Waals surface area contributed by atoms with Gasteiger partial charge in [0.2, 0.25) is 10.0 Å². The highest BCUT2D eigenvalue weighted by Gasteiger charge is 2.41. The van der Waals surface area contributed by atoms with Gasteiger partial charge in [-0.3, -0.25) is 15.1 Å². The Morgan fingerprint density at radius 2 is 1.78 bits per heavy atom. The predicted molar refractivity (Wildman–Crippen MR) is 117 cm³/mol. The summed E-state index contributed by atoms with van der Waals surface area (Å²) < 4.78 is 33.4. The lowest BCUT2D eigenvalue weighted by Crippen LogP contribution is -2.54. The first kappa shape index (κ1) is 22.0. The molecule has 1 amide bonds. The largest absolute Gasteiger partial charge is 0.457 e. The van der Waals surface area contributed by atoms with Crippen molar-refractivity contribution in [2.75, 3.05) is 6.54 Å². The van der Waals surface area contributed by atoms with Crippen molar-refractivity contribution in [3.63, 3.8) is 0 Å². The van der Waals surface area contributed by atoms with Crippen LogP contribution in [-0.4, -0.2) is 46.6 Å². The highest BCUT2D eigenvalue weighted by Crippen LogP contribution is 2.31. The lowest BCUT2D eigenvalue weighted by atomic mass is 9.92. The first-order chi connectivity index (χ1) is 15.4. The number of hydrogen-bond acceptors (Lipinski definition) is 6. The van der Waals surface area contributed by atoms with Crippen LogP contribution in [0.1, 0.15) is 19.8 Å². The molecule has 32 heavy (non-hydrogen) atoms. The molecule has 3 aromatic rings. The van der Waals surface area contributed by atoms with E-state index in [1.165, 1.54) is 12.1 Å². The molecule has 1 saturated heterocycles. The number of carbonyl (C=O) groups excluding carboxylic acids is 1. The second-order valence-corrected chi connectivity index (χ2v) is 9.63. The van der Waals surface area contributed by atoms with Crippen molar-refractivity contribution in [1.29, 1.82) is 0 Å². The third kappa shape index (κ3) is 4.38. The molecule has 2 atom stereocenters. The topological polar surface area (TPSA) is 125 Å². The lowest BCUT2D eigenvalue weighted by molar-refractivity contribution is -0.135. The summed E-state index contributed by atoms with van der Waals surface area (Å²) in [5.74, 6) is 0.159. The van der Waals surface area contributed by atoms with E-state index in [0.717, 1.165) is 15.4 Å². The van der Waals surface area contributed by atoms with Gasteiger partial charge in [0.1, 0.15) is 17.5 Å². The number of hydroxylamine groups is 1. The minimum Gasteiger partial charge on any atom is -0.457 e. The van der Waals surface area contributed by atoms with Gasteiger partial charge < -0.3 is 4.74 Å². The van der Waals surface area contributed by atoms with Gasteiger partial charge in [0.15, 0.2) is 0 Å². The summed E-state index contributed by atoms with van der Waals surface area (Å²) in [6.07, 6.45) is 4.88. The zero-order chi connectivity index (χ0) is 22.7. The fraction of sp³-hybridized carbons (Fsp3) is 0.273. The van der Waals surface area contributed by atoms with E-state index >= 15 is 0 Å². The van der Waals surface area contributed by atoms with Crippen LogP contribution in [0.2, 0.25) is 0 Å². The molecule has 168 valence electrons. The Labute approximate surface area is 186 Å². The van der Waals surface area contributed by atoms with Crippen molar-refractivity contribution < 1.29 is 23.2 Å². The fourth-order valence-corrected chi connectivity index (χ4v) is 5.67. The fourth-order valence-electron chi connectivity index (χ4n) is 3.95. The van der Waals surface area contributed by atoms with E-state index in [0.29, 0.717) is 24.3 Å². The predicted octanol–water partition coefficient (Wildman–Crippen LogP) is 3.16. The van der Waals surface area contributed by atoms with Crippen LogP contribution in [-0.2, 0) is 14.8 Å². The van der Waals surface area contributed by atoms with Crippen molar-refractivity contribution in [2.45, 2.75) is 30.7 Å². The summed E-state index contributed by atoms with van der Waals surface area (Å²) in [5, 5.41) is 15.8. The van der Waals surface area contributed by atoms with Crippen LogP contribution >= 0.6 is 0 Å². The first-order valence-corrected chi connectivity index (χ1v) is 11.7. The summed E-state index contributed by atoms with van der Waals surface area (Å²) in [5.41, 5.74) is 3.55. The van der Waals surface area contributed by atoms with Gasteiger partial charge in [-0.2, -0.15) is 9.40 Å². The number of aromatic nitrogens is 2. The molecule has 0 radical (unpaired) electrons. The minimum absolute atomic E-state index is 0.0602. The number of sulfonamides is 1. The quantitative estimate of drug-likeness (QED) is 0.387. The number of aromatic amines is 1. The number of nitrogens with zero attached hydrogens (tertiary/aromatic N) is 2. The molecule has 1 aromatic heterocycles. The molecule has 1 aliphatic heterocycles. The average molecular weight is 457 g/mol. The normalized spacial score (nSPS) is 19.4. The van der Waals surface area contributed by atoms with Crippen LogP contribution in [0.5, 0.6) is 11.5 Å². The molecule has 0 bridgehead atoms. The SMILES string of the molecule is CC1CCCN(S(=O)(=O)c2ccc(Oc3ccc(-c4cn[nH]c4)cc3)cc2)C1C(=O)NO. The number of benzene rings is 2. The molecule has 9 nitrogen and oxygen atoms in total. The van der Waals surface area contributed by atoms with Gasteiger partial charge in [-0.15, -0.1) is 0 Å². The second kappa shape index (κ2) is 9.11. The number of piperidine rings is 1. The van der Waals surface area contributed by atoms with Crippen LogP contribution < -0.4 is 10.2 Å². The number of carbonyl (C=O) groups is 1. The molecule has 2 unspecified atom stereocenters. The Balaban J connectivity index is 1.50. The number of H-pyrrole nitrogens is 1. The molecule has 1 fully saturated rings. The molecular weight excluding hydrogens is 432 g/mol. The molecule has 2 aromatic carbocycles. The maximum absolute atomic E-state index is 13.2. The number of ether oxygens (including phenoxy) is 1. The maximum Gasteiger partial charge on any atom is 0.262 e. The highest BCUT2D eigenvalue weighted by molar-refractivity contribution is 7.89. The van der Waals surface area contributed by atoms with E-state index in [2.05, 4.69) is 10.2 Å². The van der Waals surface area contributed by atoms with E-state index in [4.69, 9.17) is 9.94 Å². The van der Waals surface area contributed by atoms with Gasteiger partial charge in [0.05, 0.1) is 11.1 Å². The summed E-state index contributed by atoms with van der Waals surface area (Å²) in [6.45, 7) is 2.02. The molecule has 0 saturated carbocycles. The number of rotatable bonds is 6. The van der Waals surface area contributed by atoms with Gasteiger partial charge in [-0.1, -0.05) is 19.1 Å². The Morgan fingerprint density at radius 1 is 1.12 bits per heavy atom. The van der Waals surface area contributed by atoms with Gasteiger partial charge >= 0.3 is 0 Å². The van der Waals surface area contributed by atoms with Crippen LogP contribution in [0, 0.1) is 5.92 Å². The van der Waals surface area contributed by atoms with Crippen molar-refractivity contribution >= 4 is 15.9 Å². The van der Waals surface area contributed by atoms with Crippen molar-refractivity contribution in [3.05, 3.63) is 60.9 Å². The number of amides is 1. The third-order valence-electron chi connectivity index (χ3n) is 5.62. The second-order valence-electron chi connectivity index (χ2n) is 7.74. The smallest absolute Gasteiger partial charge is 0.262 e. The lowest BCUT2D eigenvalue weighted by Gasteiger charge is -2.37. The minimum atomic E-state index is -3.92. The molecule has 2 heterocycles. The Morgan fingerprint density at radius 3 is 2.38 bits per heavy atom. The van der Waals surface area contributed by atoms with Crippen molar-refractivity contribution in [3.8, 4) is 22.6 Å². The standard InChI is InChI=1S/C22H24N4O5S/c1-15-3-2-12-26(21(15)22(27)25-28)32(29,30)20-10-8-19(9-11-20)31-18-6-4-16(5-7-18)17-13-23-24-14-17/h4-11,13-15,21,28H,2-3,12H2,1H3,(H,23,24)(H,25,27). The third-order valence-corrected chi connectivity index (χ3v) is 7.51. The van der Waals surface area contributed by atoms with Gasteiger partial charge in [0, 0.05) is 18.3 Å². The van der Waals surface area contributed by atoms with E-state index in [9.17, 15) is 13.2 Å². The van der Waals surface area contributed by atoms with Crippen LogP contribution in [0.15, 0.2) is 65.8 Å². The van der Waals surface area contributed by atoms with Crippen molar-refractivity contribution in [1.82, 2.24) is 20.0 Å². The van der Waals surface area contributed by atoms with E-state index in [1.807, 2.05) is 24.3 Å². The van der Waals surface area contributed by atoms with E-state index < -0.39 is 22.0 Å². The summed E-state index contributed by atoms with van der Waals surface area (Å²) in [4.78, 5) is 12.2. The van der Waals surface area contributed by atoms with Gasteiger partial charge in [-0.05, 0) is 60.7 Å². The molecular formula is C22H24N4O5S.